The van der Waals surface area contributed by atoms with E-state index in [9.17, 15) is 5.11 Å². The van der Waals surface area contributed by atoms with Gasteiger partial charge in [-0.2, -0.15) is 0 Å². The zero-order chi connectivity index (χ0) is 46.9. The van der Waals surface area contributed by atoms with Crippen LogP contribution in [0.15, 0.2) is 150 Å². The fraction of sp³-hybridized carbons (Fsp3) is 0.226. The first kappa shape index (κ1) is 47.2. The normalized spacial score (nSPS) is 12.2. The van der Waals surface area contributed by atoms with Crippen LogP contribution in [-0.4, -0.2) is 29.6 Å². The number of phenols is 1. The molecular formula is C62H57N2O2PtSe-. The molecule has 0 unspecified atom stereocenters. The second-order valence-corrected chi connectivity index (χ2v) is 22.8. The van der Waals surface area contributed by atoms with Crippen molar-refractivity contribution >= 4 is 46.2 Å². The third-order valence-electron chi connectivity index (χ3n) is 13.2. The summed E-state index contributed by atoms with van der Waals surface area (Å²) >= 11 is -0.336. The molecule has 344 valence electrons. The smallest absolute Gasteiger partial charge is 0 e. The topological polar surface area (TPSA) is 59.2 Å². The fourth-order valence-corrected chi connectivity index (χ4v) is 11.9. The number of hydrogen-bond acceptors (Lipinski definition) is 4. The SMILES string of the molecule is CC(C)c1cc(-c2ccccc2)cc(C(C)C)c1-c1ccc(-c2[c-]c(-c3cc(-c4ccccc4)ccn3)cc(C(C)(C)C)c2)c2nc(-c3c(O)c(C(C)(C)C)cc4c3oc3ccccc34)[se]c12.[Pt]. The van der Waals surface area contributed by atoms with Crippen molar-refractivity contribution in [2.45, 2.75) is 91.9 Å². The summed E-state index contributed by atoms with van der Waals surface area (Å²) in [6, 6.07) is 53.6. The summed E-state index contributed by atoms with van der Waals surface area (Å²) in [7, 11) is 0. The van der Waals surface area contributed by atoms with E-state index in [0.29, 0.717) is 11.1 Å². The summed E-state index contributed by atoms with van der Waals surface area (Å²) in [5.41, 5.74) is 18.2. The molecule has 1 N–H and O–H groups in total. The Kier molecular flexibility index (Phi) is 12.7. The van der Waals surface area contributed by atoms with E-state index in [-0.39, 0.29) is 64.0 Å². The monoisotopic (exact) mass is 1140 g/mol. The van der Waals surface area contributed by atoms with E-state index in [1.165, 1.54) is 43.2 Å². The Morgan fingerprint density at radius 1 is 0.588 bits per heavy atom. The average Bonchev–Trinajstić information content (AvgIpc) is 3.92. The van der Waals surface area contributed by atoms with E-state index in [1.807, 2.05) is 24.4 Å². The van der Waals surface area contributed by atoms with E-state index < -0.39 is 0 Å². The van der Waals surface area contributed by atoms with Crippen LogP contribution < -0.4 is 0 Å². The number of aromatic hydroxyl groups is 1. The molecule has 0 fully saturated rings. The van der Waals surface area contributed by atoms with Crippen LogP contribution in [0.4, 0.5) is 0 Å². The minimum Gasteiger partial charge on any atom is 0 e. The van der Waals surface area contributed by atoms with Crippen molar-refractivity contribution in [1.82, 2.24) is 9.97 Å². The minimum absolute atomic E-state index is 0. The van der Waals surface area contributed by atoms with Crippen molar-refractivity contribution in [1.29, 1.82) is 0 Å². The van der Waals surface area contributed by atoms with Gasteiger partial charge in [-0.05, 0) is 0 Å². The van der Waals surface area contributed by atoms with Crippen molar-refractivity contribution in [2.24, 2.45) is 0 Å². The summed E-state index contributed by atoms with van der Waals surface area (Å²) in [6.07, 6.45) is 1.90. The van der Waals surface area contributed by atoms with Crippen molar-refractivity contribution in [2.75, 3.05) is 0 Å². The average molecular weight is 1140 g/mol. The zero-order valence-electron chi connectivity index (χ0n) is 40.5. The molecule has 68 heavy (non-hydrogen) atoms. The van der Waals surface area contributed by atoms with Gasteiger partial charge in [-0.15, -0.1) is 0 Å². The van der Waals surface area contributed by atoms with Gasteiger partial charge in [-0.3, -0.25) is 0 Å². The van der Waals surface area contributed by atoms with Gasteiger partial charge in [0, 0.05) is 21.1 Å². The molecule has 0 amide bonds. The number of aromatic nitrogens is 2. The molecule has 6 heteroatoms. The number of hydrogen-bond donors (Lipinski definition) is 1. The summed E-state index contributed by atoms with van der Waals surface area (Å²) in [6.45, 7) is 22.5. The molecule has 0 saturated carbocycles. The summed E-state index contributed by atoms with van der Waals surface area (Å²) in [4.78, 5) is 10.7. The Labute approximate surface area is 421 Å². The maximum absolute atomic E-state index is 12.6. The predicted molar refractivity (Wildman–Crippen MR) is 282 cm³/mol. The summed E-state index contributed by atoms with van der Waals surface area (Å²) in [5, 5.41) is 14.6. The molecule has 0 atom stereocenters. The molecule has 7 aromatic carbocycles. The van der Waals surface area contributed by atoms with Crippen LogP contribution in [0.5, 0.6) is 5.75 Å². The molecule has 0 spiro atoms. The van der Waals surface area contributed by atoms with E-state index in [4.69, 9.17) is 14.4 Å². The Hall–Kier alpha value is -5.83. The number of benzene rings is 7. The van der Waals surface area contributed by atoms with Crippen LogP contribution in [0.1, 0.15) is 103 Å². The van der Waals surface area contributed by atoms with E-state index >= 15 is 0 Å². The molecule has 3 aromatic heterocycles. The first-order valence-electron chi connectivity index (χ1n) is 23.5. The van der Waals surface area contributed by atoms with Crippen molar-refractivity contribution < 1.29 is 30.6 Å². The number of furan rings is 1. The second kappa shape index (κ2) is 18.2. The number of rotatable bonds is 8. The van der Waals surface area contributed by atoms with Gasteiger partial charge in [0.1, 0.15) is 0 Å². The summed E-state index contributed by atoms with van der Waals surface area (Å²) < 4.78 is 8.79. The maximum atomic E-state index is 12.6. The third-order valence-corrected chi connectivity index (χ3v) is 15.5. The van der Waals surface area contributed by atoms with Crippen LogP contribution >= 0.6 is 0 Å². The van der Waals surface area contributed by atoms with E-state index in [0.717, 1.165) is 65.5 Å². The zero-order valence-corrected chi connectivity index (χ0v) is 44.5. The maximum Gasteiger partial charge on any atom is 0 e. The number of nitrogens with zero attached hydrogens (tertiary/aromatic N) is 2. The number of fused-ring (bicyclic) bond motifs is 4. The first-order chi connectivity index (χ1) is 32.0. The molecule has 0 radical (unpaired) electrons. The van der Waals surface area contributed by atoms with Gasteiger partial charge in [-0.25, -0.2) is 0 Å². The van der Waals surface area contributed by atoms with Crippen molar-refractivity contribution in [3.63, 3.8) is 0 Å². The molecule has 3 heterocycles. The Bertz CT molecular complexity index is 3470. The van der Waals surface area contributed by atoms with Crippen molar-refractivity contribution in [3.05, 3.63) is 174 Å². The largest absolute Gasteiger partial charge is 0 e. The van der Waals surface area contributed by atoms with Gasteiger partial charge in [0.2, 0.25) is 0 Å². The Morgan fingerprint density at radius 3 is 1.82 bits per heavy atom. The molecule has 0 aliphatic rings. The number of phenolic OH excluding ortho intramolecular Hbond substituents is 1. The summed E-state index contributed by atoms with van der Waals surface area (Å²) in [5.74, 6) is 0.741. The Balaban J connectivity index is 0.00000578. The van der Waals surface area contributed by atoms with Crippen LogP contribution in [0, 0.1) is 6.07 Å². The number of pyridine rings is 1. The molecule has 4 nitrogen and oxygen atoms in total. The van der Waals surface area contributed by atoms with Crippen LogP contribution in [0.3, 0.4) is 0 Å². The molecule has 10 aromatic rings. The van der Waals surface area contributed by atoms with Crippen LogP contribution in [0.2, 0.25) is 0 Å². The second-order valence-electron chi connectivity index (χ2n) is 20.7. The van der Waals surface area contributed by atoms with Crippen LogP contribution in [0.25, 0.3) is 97.6 Å². The first-order valence-corrected chi connectivity index (χ1v) is 25.2. The molecule has 0 aliphatic carbocycles. The van der Waals surface area contributed by atoms with E-state index in [2.05, 4.69) is 197 Å². The molecule has 0 aliphatic heterocycles. The van der Waals surface area contributed by atoms with Gasteiger partial charge < -0.3 is 0 Å². The van der Waals surface area contributed by atoms with Crippen molar-refractivity contribution in [3.8, 4) is 71.6 Å². The molecule has 10 rings (SSSR count). The van der Waals surface area contributed by atoms with Gasteiger partial charge >= 0.3 is 397 Å². The molecule has 0 bridgehead atoms. The van der Waals surface area contributed by atoms with Crippen LogP contribution in [-0.2, 0) is 31.9 Å². The van der Waals surface area contributed by atoms with Gasteiger partial charge in [-0.1, -0.05) is 6.07 Å². The number of para-hydroxylation sites is 1. The standard InChI is InChI=1S/C62H57N2O2Se.Pt/c1-36(2)48-32-41(39-21-15-12-16-22-39)33-49(37(3)4)54(48)47-26-25-45(42-29-43(31-44(30-42)61(5,6)7)52-34-40(27-28-63-52)38-19-13-11-14-20-38)56-59(47)67-60(64-56)55-57(65)51(62(8,9)10)35-50-46-23-17-18-24-53(46)66-58(50)55;/h11-28,30-37,65H,1-10H3;/q-1;. The van der Waals surface area contributed by atoms with Gasteiger partial charge in [0.15, 0.2) is 0 Å². The minimum atomic E-state index is -0.343. The molecular weight excluding hydrogens is 1080 g/mol. The third kappa shape index (κ3) is 8.64. The predicted octanol–water partition coefficient (Wildman–Crippen LogP) is 16.9. The Morgan fingerprint density at radius 2 is 1.19 bits per heavy atom. The molecule has 0 saturated heterocycles. The fourth-order valence-electron chi connectivity index (χ4n) is 9.53. The van der Waals surface area contributed by atoms with E-state index in [1.54, 1.807) is 0 Å². The van der Waals surface area contributed by atoms with Gasteiger partial charge in [0.25, 0.3) is 0 Å². The quantitative estimate of drug-likeness (QED) is 0.122. The van der Waals surface area contributed by atoms with Gasteiger partial charge in [0.05, 0.1) is 0 Å².